The van der Waals surface area contributed by atoms with Gasteiger partial charge in [-0.3, -0.25) is 4.79 Å². The van der Waals surface area contributed by atoms with Crippen LogP contribution in [0.1, 0.15) is 39.0 Å². The first-order valence-corrected chi connectivity index (χ1v) is 6.71. The standard InChI is InChI=1S/C12H20ClNO2/c1-2-11(13)12(15)14(9-3-4-9)10-5-7-16-8-6-10/h9-11H,2-8H2,1H3/t11-/m1/s1. The minimum absolute atomic E-state index is 0.138. The van der Waals surface area contributed by atoms with E-state index in [-0.39, 0.29) is 11.3 Å². The average Bonchev–Trinajstić information content (AvgIpc) is 3.14. The Balaban J connectivity index is 2.00. The van der Waals surface area contributed by atoms with Gasteiger partial charge in [0, 0.05) is 25.3 Å². The molecule has 2 fully saturated rings. The maximum absolute atomic E-state index is 12.2. The van der Waals surface area contributed by atoms with E-state index in [1.807, 2.05) is 6.92 Å². The van der Waals surface area contributed by atoms with Crippen molar-refractivity contribution in [3.05, 3.63) is 0 Å². The lowest BCUT2D eigenvalue weighted by Crippen LogP contribution is -2.47. The van der Waals surface area contributed by atoms with Gasteiger partial charge >= 0.3 is 0 Å². The molecule has 3 nitrogen and oxygen atoms in total. The number of ether oxygens (including phenoxy) is 1. The molecule has 1 aliphatic carbocycles. The van der Waals surface area contributed by atoms with Crippen LogP contribution in [0.25, 0.3) is 0 Å². The van der Waals surface area contributed by atoms with Crippen LogP contribution in [-0.4, -0.2) is 41.5 Å². The highest BCUT2D eigenvalue weighted by Gasteiger charge is 2.39. The van der Waals surface area contributed by atoms with E-state index in [2.05, 4.69) is 4.90 Å². The van der Waals surface area contributed by atoms with Crippen LogP contribution in [-0.2, 0) is 9.53 Å². The molecule has 0 radical (unpaired) electrons. The summed E-state index contributed by atoms with van der Waals surface area (Å²) in [6.45, 7) is 3.52. The maximum Gasteiger partial charge on any atom is 0.241 e. The van der Waals surface area contributed by atoms with E-state index in [9.17, 15) is 4.79 Å². The molecule has 0 unspecified atom stereocenters. The number of hydrogen-bond donors (Lipinski definition) is 0. The Morgan fingerprint density at radius 2 is 1.88 bits per heavy atom. The molecule has 0 aromatic carbocycles. The zero-order valence-corrected chi connectivity index (χ0v) is 10.6. The Hall–Kier alpha value is -0.280. The maximum atomic E-state index is 12.2. The lowest BCUT2D eigenvalue weighted by molar-refractivity contribution is -0.135. The molecule has 4 heteroatoms. The van der Waals surface area contributed by atoms with E-state index in [0.29, 0.717) is 18.5 Å². The number of carbonyl (C=O) groups is 1. The summed E-state index contributed by atoms with van der Waals surface area (Å²) in [6, 6.07) is 0.824. The number of halogens is 1. The van der Waals surface area contributed by atoms with Crippen LogP contribution < -0.4 is 0 Å². The highest BCUT2D eigenvalue weighted by Crippen LogP contribution is 2.32. The van der Waals surface area contributed by atoms with Crippen LogP contribution in [0, 0.1) is 0 Å². The van der Waals surface area contributed by atoms with Gasteiger partial charge in [-0.05, 0) is 32.1 Å². The van der Waals surface area contributed by atoms with E-state index in [4.69, 9.17) is 16.3 Å². The van der Waals surface area contributed by atoms with Crippen LogP contribution in [0.5, 0.6) is 0 Å². The van der Waals surface area contributed by atoms with Gasteiger partial charge in [0.2, 0.25) is 5.91 Å². The van der Waals surface area contributed by atoms with Gasteiger partial charge in [0.15, 0.2) is 0 Å². The van der Waals surface area contributed by atoms with E-state index in [1.54, 1.807) is 0 Å². The molecular formula is C12H20ClNO2. The third-order valence-corrected chi connectivity index (χ3v) is 3.90. The molecule has 1 saturated carbocycles. The van der Waals surface area contributed by atoms with Gasteiger partial charge < -0.3 is 9.64 Å². The van der Waals surface area contributed by atoms with Gasteiger partial charge in [-0.1, -0.05) is 6.92 Å². The summed E-state index contributed by atoms with van der Waals surface area (Å²) in [5, 5.41) is -0.344. The molecule has 0 aromatic heterocycles. The van der Waals surface area contributed by atoms with Gasteiger partial charge in [-0.2, -0.15) is 0 Å². The average molecular weight is 246 g/mol. The summed E-state index contributed by atoms with van der Waals surface area (Å²) in [5.41, 5.74) is 0. The third kappa shape index (κ3) is 2.69. The SMILES string of the molecule is CC[C@@H](Cl)C(=O)N(C1CCOCC1)C1CC1. The molecule has 1 atom stereocenters. The second kappa shape index (κ2) is 5.37. The van der Waals surface area contributed by atoms with Crippen LogP contribution in [0.15, 0.2) is 0 Å². The minimum Gasteiger partial charge on any atom is -0.381 e. The van der Waals surface area contributed by atoms with Crippen molar-refractivity contribution in [2.24, 2.45) is 0 Å². The van der Waals surface area contributed by atoms with Crippen LogP contribution in [0.2, 0.25) is 0 Å². The number of rotatable bonds is 4. The summed E-state index contributed by atoms with van der Waals surface area (Å²) < 4.78 is 5.35. The predicted molar refractivity (Wildman–Crippen MR) is 63.6 cm³/mol. The van der Waals surface area contributed by atoms with Crippen molar-refractivity contribution < 1.29 is 9.53 Å². The van der Waals surface area contributed by atoms with Gasteiger partial charge in [-0.25, -0.2) is 0 Å². The molecule has 0 bridgehead atoms. The van der Waals surface area contributed by atoms with Gasteiger partial charge in [-0.15, -0.1) is 11.6 Å². The number of alkyl halides is 1. The van der Waals surface area contributed by atoms with E-state index in [1.165, 1.54) is 0 Å². The molecule has 1 amide bonds. The quantitative estimate of drug-likeness (QED) is 0.711. The molecule has 2 rings (SSSR count). The summed E-state index contributed by atoms with van der Waals surface area (Å²) >= 11 is 6.08. The number of nitrogens with zero attached hydrogens (tertiary/aromatic N) is 1. The van der Waals surface area contributed by atoms with E-state index < -0.39 is 0 Å². The molecule has 1 saturated heterocycles. The van der Waals surface area contributed by atoms with Crippen molar-refractivity contribution in [1.29, 1.82) is 0 Å². The first-order chi connectivity index (χ1) is 7.74. The van der Waals surface area contributed by atoms with Crippen molar-refractivity contribution in [1.82, 2.24) is 4.90 Å². The molecule has 16 heavy (non-hydrogen) atoms. The predicted octanol–water partition coefficient (Wildman–Crippen LogP) is 2.17. The topological polar surface area (TPSA) is 29.5 Å². The van der Waals surface area contributed by atoms with Crippen molar-refractivity contribution in [2.45, 2.75) is 56.5 Å². The molecular weight excluding hydrogens is 226 g/mol. The first kappa shape index (κ1) is 12.2. The van der Waals surface area contributed by atoms with Crippen molar-refractivity contribution in [2.75, 3.05) is 13.2 Å². The summed E-state index contributed by atoms with van der Waals surface area (Å²) in [5.74, 6) is 0.138. The van der Waals surface area contributed by atoms with E-state index in [0.717, 1.165) is 38.9 Å². The number of carbonyl (C=O) groups excluding carboxylic acids is 1. The second-order valence-corrected chi connectivity index (χ2v) is 5.22. The van der Waals surface area contributed by atoms with Gasteiger partial charge in [0.25, 0.3) is 0 Å². The first-order valence-electron chi connectivity index (χ1n) is 6.28. The minimum atomic E-state index is -0.344. The Morgan fingerprint density at radius 1 is 1.31 bits per heavy atom. The summed E-state index contributed by atoms with van der Waals surface area (Å²) in [4.78, 5) is 14.3. The van der Waals surface area contributed by atoms with Crippen molar-refractivity contribution in [3.63, 3.8) is 0 Å². The summed E-state index contributed by atoms with van der Waals surface area (Å²) in [7, 11) is 0. The normalized spacial score (nSPS) is 24.1. The Labute approximate surface area is 102 Å². The lowest BCUT2D eigenvalue weighted by Gasteiger charge is -2.35. The second-order valence-electron chi connectivity index (χ2n) is 4.70. The molecule has 92 valence electrons. The molecule has 2 aliphatic rings. The van der Waals surface area contributed by atoms with Crippen molar-refractivity contribution >= 4 is 17.5 Å². The number of hydrogen-bond acceptors (Lipinski definition) is 2. The Bertz CT molecular complexity index is 249. The van der Waals surface area contributed by atoms with E-state index >= 15 is 0 Å². The van der Waals surface area contributed by atoms with Crippen LogP contribution in [0.4, 0.5) is 0 Å². The molecule has 0 N–H and O–H groups in total. The molecule has 1 heterocycles. The monoisotopic (exact) mass is 245 g/mol. The summed E-state index contributed by atoms with van der Waals surface area (Å²) in [6.07, 6.45) is 4.95. The van der Waals surface area contributed by atoms with Crippen LogP contribution in [0.3, 0.4) is 0 Å². The third-order valence-electron chi connectivity index (χ3n) is 3.41. The zero-order valence-electron chi connectivity index (χ0n) is 9.82. The van der Waals surface area contributed by atoms with Crippen molar-refractivity contribution in [3.8, 4) is 0 Å². The van der Waals surface area contributed by atoms with Gasteiger partial charge in [0.05, 0.1) is 0 Å². The highest BCUT2D eigenvalue weighted by molar-refractivity contribution is 6.30. The fourth-order valence-corrected chi connectivity index (χ4v) is 2.42. The largest absolute Gasteiger partial charge is 0.381 e. The Kier molecular flexibility index (Phi) is 4.09. The lowest BCUT2D eigenvalue weighted by atomic mass is 10.1. The molecule has 0 spiro atoms. The molecule has 1 aliphatic heterocycles. The fraction of sp³-hybridized carbons (Fsp3) is 0.917. The molecule has 0 aromatic rings. The van der Waals surface area contributed by atoms with Gasteiger partial charge in [0.1, 0.15) is 5.38 Å². The number of amides is 1. The fourth-order valence-electron chi connectivity index (χ4n) is 2.31. The van der Waals surface area contributed by atoms with Crippen LogP contribution >= 0.6 is 11.6 Å². The Morgan fingerprint density at radius 3 is 2.38 bits per heavy atom. The highest BCUT2D eigenvalue weighted by atomic mass is 35.5. The smallest absolute Gasteiger partial charge is 0.241 e. The zero-order chi connectivity index (χ0) is 11.5.